The number of aromatic nitrogens is 2. The van der Waals surface area contributed by atoms with E-state index in [1.165, 1.54) is 0 Å². The first-order valence-corrected chi connectivity index (χ1v) is 7.23. The first kappa shape index (κ1) is 15.0. The van der Waals surface area contributed by atoms with Gasteiger partial charge in [-0.2, -0.15) is 0 Å². The number of furan rings is 1. The smallest absolute Gasteiger partial charge is 0.322 e. The Morgan fingerprint density at radius 2 is 1.78 bits per heavy atom. The molecule has 118 valence electrons. The van der Waals surface area contributed by atoms with Crippen molar-refractivity contribution in [1.29, 1.82) is 0 Å². The van der Waals surface area contributed by atoms with Gasteiger partial charge in [-0.25, -0.2) is 0 Å². The molecule has 3 aromatic rings. The van der Waals surface area contributed by atoms with Crippen molar-refractivity contribution < 1.29 is 13.6 Å². The third kappa shape index (κ3) is 3.01. The number of carbonyl (C=O) groups excluding carboxylic acids is 1. The summed E-state index contributed by atoms with van der Waals surface area (Å²) < 4.78 is 10.9. The number of hydrogen-bond acceptors (Lipinski definition) is 5. The Morgan fingerprint density at radius 1 is 1.00 bits per heavy atom. The van der Waals surface area contributed by atoms with Gasteiger partial charge < -0.3 is 8.83 Å². The molecule has 0 unspecified atom stereocenters. The number of aryl methyl sites for hydroxylation is 4. The molecule has 2 heterocycles. The third-order valence-electron chi connectivity index (χ3n) is 3.69. The van der Waals surface area contributed by atoms with Gasteiger partial charge in [-0.1, -0.05) is 11.2 Å². The average Bonchev–Trinajstić information content (AvgIpc) is 3.08. The highest BCUT2D eigenvalue weighted by molar-refractivity contribution is 6.03. The van der Waals surface area contributed by atoms with Crippen LogP contribution in [0.25, 0.3) is 11.5 Å². The van der Waals surface area contributed by atoms with Gasteiger partial charge in [0.1, 0.15) is 11.5 Å². The number of rotatable bonds is 3. The maximum absolute atomic E-state index is 12.2. The molecule has 1 amide bonds. The van der Waals surface area contributed by atoms with Crippen molar-refractivity contribution in [3.8, 4) is 11.5 Å². The molecule has 0 spiro atoms. The predicted octanol–water partition coefficient (Wildman–Crippen LogP) is 3.82. The van der Waals surface area contributed by atoms with Crippen LogP contribution >= 0.6 is 0 Å². The van der Waals surface area contributed by atoms with Crippen molar-refractivity contribution in [1.82, 2.24) is 10.2 Å². The fourth-order valence-electron chi connectivity index (χ4n) is 2.28. The highest BCUT2D eigenvalue weighted by Gasteiger charge is 2.16. The summed E-state index contributed by atoms with van der Waals surface area (Å²) in [7, 11) is 0. The summed E-state index contributed by atoms with van der Waals surface area (Å²) in [5.41, 5.74) is 3.45. The lowest BCUT2D eigenvalue weighted by Gasteiger charge is -2.04. The lowest BCUT2D eigenvalue weighted by Crippen LogP contribution is -2.12. The second-order valence-corrected chi connectivity index (χ2v) is 5.49. The molecule has 2 aromatic heterocycles. The van der Waals surface area contributed by atoms with E-state index in [1.807, 2.05) is 45.9 Å². The quantitative estimate of drug-likeness (QED) is 0.795. The number of carbonyl (C=O) groups is 1. The van der Waals surface area contributed by atoms with Gasteiger partial charge in [-0.15, -0.1) is 5.10 Å². The highest BCUT2D eigenvalue weighted by Crippen LogP contribution is 2.26. The standard InChI is InChI=1S/C17H17N3O3/c1-9-5-6-13(7-10(9)2)15(21)18-17-20-19-16(23-17)14-8-11(3)22-12(14)4/h5-8H,1-4H3,(H,18,20,21). The zero-order valence-electron chi connectivity index (χ0n) is 13.4. The minimum atomic E-state index is -0.289. The van der Waals surface area contributed by atoms with Crippen LogP contribution in [0.4, 0.5) is 6.01 Å². The molecule has 6 heteroatoms. The molecule has 0 aliphatic carbocycles. The number of nitrogens with one attached hydrogen (secondary N) is 1. The largest absolute Gasteiger partial charge is 0.466 e. The Kier molecular flexibility index (Phi) is 3.73. The van der Waals surface area contributed by atoms with Gasteiger partial charge in [-0.05, 0) is 57.0 Å². The van der Waals surface area contributed by atoms with E-state index in [1.54, 1.807) is 6.07 Å². The van der Waals surface area contributed by atoms with E-state index in [9.17, 15) is 4.79 Å². The fraction of sp³-hybridized carbons (Fsp3) is 0.235. The first-order chi connectivity index (χ1) is 10.9. The SMILES string of the molecule is Cc1cc(-c2nnc(NC(=O)c3ccc(C)c(C)c3)o2)c(C)o1. The molecule has 1 aromatic carbocycles. The lowest BCUT2D eigenvalue weighted by atomic mass is 10.1. The zero-order valence-corrected chi connectivity index (χ0v) is 13.4. The minimum Gasteiger partial charge on any atom is -0.466 e. The second kappa shape index (κ2) is 5.72. The van der Waals surface area contributed by atoms with E-state index in [0.717, 1.165) is 22.5 Å². The number of anilines is 1. The van der Waals surface area contributed by atoms with Crippen molar-refractivity contribution >= 4 is 11.9 Å². The third-order valence-corrected chi connectivity index (χ3v) is 3.69. The normalized spacial score (nSPS) is 10.8. The van der Waals surface area contributed by atoms with Gasteiger partial charge in [0.2, 0.25) is 0 Å². The molecular weight excluding hydrogens is 294 g/mol. The van der Waals surface area contributed by atoms with Crippen LogP contribution in [0.15, 0.2) is 33.1 Å². The molecule has 0 aliphatic heterocycles. The molecular formula is C17H17N3O3. The Hall–Kier alpha value is -2.89. The molecule has 0 saturated carbocycles. The summed E-state index contributed by atoms with van der Waals surface area (Å²) >= 11 is 0. The molecule has 23 heavy (non-hydrogen) atoms. The topological polar surface area (TPSA) is 81.2 Å². The zero-order chi connectivity index (χ0) is 16.6. The Labute approximate surface area is 133 Å². The maximum Gasteiger partial charge on any atom is 0.322 e. The molecule has 3 rings (SSSR count). The van der Waals surface area contributed by atoms with E-state index in [2.05, 4.69) is 15.5 Å². The van der Waals surface area contributed by atoms with Crippen LogP contribution in [0.1, 0.15) is 33.0 Å². The monoisotopic (exact) mass is 311 g/mol. The second-order valence-electron chi connectivity index (χ2n) is 5.49. The minimum absolute atomic E-state index is 0.0569. The summed E-state index contributed by atoms with van der Waals surface area (Å²) in [4.78, 5) is 12.2. The molecule has 0 bridgehead atoms. The Bertz CT molecular complexity index is 877. The van der Waals surface area contributed by atoms with Crippen LogP contribution < -0.4 is 5.32 Å². The average molecular weight is 311 g/mol. The molecule has 0 radical (unpaired) electrons. The number of nitrogens with zero attached hydrogens (tertiary/aromatic N) is 2. The summed E-state index contributed by atoms with van der Waals surface area (Å²) in [6, 6.07) is 7.37. The Balaban J connectivity index is 1.80. The van der Waals surface area contributed by atoms with E-state index < -0.39 is 0 Å². The molecule has 6 nitrogen and oxygen atoms in total. The Morgan fingerprint density at radius 3 is 2.43 bits per heavy atom. The van der Waals surface area contributed by atoms with Gasteiger partial charge in [0.15, 0.2) is 0 Å². The van der Waals surface area contributed by atoms with Crippen molar-refractivity contribution in [2.24, 2.45) is 0 Å². The summed E-state index contributed by atoms with van der Waals surface area (Å²) in [6.07, 6.45) is 0. The highest BCUT2D eigenvalue weighted by atomic mass is 16.4. The van der Waals surface area contributed by atoms with E-state index in [0.29, 0.717) is 17.2 Å². The summed E-state index contributed by atoms with van der Waals surface area (Å²) in [5.74, 6) is 1.48. The van der Waals surface area contributed by atoms with E-state index >= 15 is 0 Å². The maximum atomic E-state index is 12.2. The summed E-state index contributed by atoms with van der Waals surface area (Å²) in [6.45, 7) is 7.62. The van der Waals surface area contributed by atoms with Gasteiger partial charge in [-0.3, -0.25) is 10.1 Å². The van der Waals surface area contributed by atoms with Gasteiger partial charge in [0.25, 0.3) is 11.8 Å². The van der Waals surface area contributed by atoms with E-state index in [-0.39, 0.29) is 11.9 Å². The van der Waals surface area contributed by atoms with Gasteiger partial charge in [0, 0.05) is 5.56 Å². The van der Waals surface area contributed by atoms with Crippen LogP contribution in [-0.4, -0.2) is 16.1 Å². The molecule has 0 saturated heterocycles. The molecule has 0 atom stereocenters. The predicted molar refractivity (Wildman–Crippen MR) is 85.3 cm³/mol. The van der Waals surface area contributed by atoms with Crippen LogP contribution in [0, 0.1) is 27.7 Å². The fourth-order valence-corrected chi connectivity index (χ4v) is 2.28. The van der Waals surface area contributed by atoms with Gasteiger partial charge >= 0.3 is 6.01 Å². The van der Waals surface area contributed by atoms with Crippen molar-refractivity contribution in [3.05, 3.63) is 52.5 Å². The van der Waals surface area contributed by atoms with Gasteiger partial charge in [0.05, 0.1) is 5.56 Å². The summed E-state index contributed by atoms with van der Waals surface area (Å²) in [5, 5.41) is 10.4. The van der Waals surface area contributed by atoms with Crippen LogP contribution in [0.2, 0.25) is 0 Å². The van der Waals surface area contributed by atoms with Crippen LogP contribution in [0.3, 0.4) is 0 Å². The molecule has 0 fully saturated rings. The van der Waals surface area contributed by atoms with Crippen molar-refractivity contribution in [3.63, 3.8) is 0 Å². The first-order valence-electron chi connectivity index (χ1n) is 7.23. The van der Waals surface area contributed by atoms with Crippen molar-refractivity contribution in [2.75, 3.05) is 5.32 Å². The lowest BCUT2D eigenvalue weighted by molar-refractivity contribution is 0.102. The van der Waals surface area contributed by atoms with Crippen LogP contribution in [-0.2, 0) is 0 Å². The van der Waals surface area contributed by atoms with Crippen molar-refractivity contribution in [2.45, 2.75) is 27.7 Å². The number of amides is 1. The molecule has 1 N–H and O–H groups in total. The van der Waals surface area contributed by atoms with Crippen LogP contribution in [0.5, 0.6) is 0 Å². The number of hydrogen-bond donors (Lipinski definition) is 1. The van der Waals surface area contributed by atoms with E-state index in [4.69, 9.17) is 8.83 Å². The molecule has 0 aliphatic rings. The number of benzene rings is 1.